The predicted molar refractivity (Wildman–Crippen MR) is 41.7 cm³/mol. The maximum atomic E-state index is 11.6. The van der Waals surface area contributed by atoms with E-state index in [-0.39, 0.29) is 6.54 Å². The van der Waals surface area contributed by atoms with Crippen molar-refractivity contribution in [3.8, 4) is 12.3 Å². The molecule has 1 amide bonds. The molecule has 0 rings (SSSR count). The molecule has 0 aliphatic rings. The predicted octanol–water partition coefficient (Wildman–Crippen LogP) is 1.47. The molecule has 13 heavy (non-hydrogen) atoms. The van der Waals surface area contributed by atoms with Crippen LogP contribution in [-0.4, -0.2) is 18.6 Å². The van der Waals surface area contributed by atoms with Crippen molar-refractivity contribution in [2.24, 2.45) is 0 Å². The van der Waals surface area contributed by atoms with E-state index >= 15 is 0 Å². The standard InChI is InChI=1S/C8H10F3NO/c1-2-3-4-5-12-7(13)6-8(9,10)11/h1H,3-6H2,(H,12,13). The molecule has 0 heterocycles. The Morgan fingerprint density at radius 2 is 2.08 bits per heavy atom. The molecule has 0 radical (unpaired) electrons. The normalized spacial score (nSPS) is 10.6. The Hall–Kier alpha value is -1.18. The van der Waals surface area contributed by atoms with E-state index in [1.807, 2.05) is 0 Å². The number of hydrogen-bond acceptors (Lipinski definition) is 1. The summed E-state index contributed by atoms with van der Waals surface area (Å²) in [5, 5.41) is 2.12. The Morgan fingerprint density at radius 1 is 1.46 bits per heavy atom. The van der Waals surface area contributed by atoms with Gasteiger partial charge in [-0.2, -0.15) is 13.2 Å². The van der Waals surface area contributed by atoms with Crippen molar-refractivity contribution in [2.45, 2.75) is 25.4 Å². The lowest BCUT2D eigenvalue weighted by molar-refractivity contribution is -0.153. The molecule has 0 spiro atoms. The summed E-state index contributed by atoms with van der Waals surface area (Å²) >= 11 is 0. The number of terminal acetylenes is 1. The first-order valence-corrected chi connectivity index (χ1v) is 3.72. The monoisotopic (exact) mass is 193 g/mol. The zero-order valence-corrected chi connectivity index (χ0v) is 6.95. The van der Waals surface area contributed by atoms with E-state index in [9.17, 15) is 18.0 Å². The van der Waals surface area contributed by atoms with Crippen LogP contribution in [-0.2, 0) is 4.79 Å². The highest BCUT2D eigenvalue weighted by Crippen LogP contribution is 2.18. The van der Waals surface area contributed by atoms with Crippen molar-refractivity contribution in [2.75, 3.05) is 6.54 Å². The van der Waals surface area contributed by atoms with Gasteiger partial charge in [0.15, 0.2) is 0 Å². The number of hydrogen-bond donors (Lipinski definition) is 1. The summed E-state index contributed by atoms with van der Waals surface area (Å²) < 4.78 is 34.8. The third kappa shape index (κ3) is 8.73. The molecule has 0 bridgehead atoms. The smallest absolute Gasteiger partial charge is 0.356 e. The molecule has 0 fully saturated rings. The topological polar surface area (TPSA) is 29.1 Å². The molecule has 0 saturated heterocycles. The molecule has 74 valence electrons. The van der Waals surface area contributed by atoms with Crippen LogP contribution < -0.4 is 5.32 Å². The minimum absolute atomic E-state index is 0.194. The number of unbranched alkanes of at least 4 members (excludes halogenated alkanes) is 1. The van der Waals surface area contributed by atoms with E-state index in [1.165, 1.54) is 0 Å². The second-order valence-electron chi connectivity index (χ2n) is 2.45. The molecule has 2 nitrogen and oxygen atoms in total. The fourth-order valence-corrected chi connectivity index (χ4v) is 0.663. The van der Waals surface area contributed by atoms with Crippen LogP contribution in [0, 0.1) is 12.3 Å². The van der Waals surface area contributed by atoms with Gasteiger partial charge in [-0.3, -0.25) is 4.79 Å². The number of amides is 1. The maximum absolute atomic E-state index is 11.6. The van der Waals surface area contributed by atoms with Gasteiger partial charge in [0.1, 0.15) is 6.42 Å². The van der Waals surface area contributed by atoms with Crippen molar-refractivity contribution in [3.05, 3.63) is 0 Å². The van der Waals surface area contributed by atoms with Crippen molar-refractivity contribution in [1.82, 2.24) is 5.32 Å². The first kappa shape index (κ1) is 11.8. The second kappa shape index (κ2) is 5.46. The number of halogens is 3. The molecular weight excluding hydrogens is 183 g/mol. The van der Waals surface area contributed by atoms with Crippen LogP contribution in [0.15, 0.2) is 0 Å². The number of carbonyl (C=O) groups excluding carboxylic acids is 1. The molecule has 0 saturated carbocycles. The van der Waals surface area contributed by atoms with Gasteiger partial charge in [0, 0.05) is 13.0 Å². The van der Waals surface area contributed by atoms with Gasteiger partial charge in [-0.25, -0.2) is 0 Å². The lowest BCUT2D eigenvalue weighted by Crippen LogP contribution is -2.29. The summed E-state index contributed by atoms with van der Waals surface area (Å²) in [4.78, 5) is 10.5. The zero-order chi connectivity index (χ0) is 10.3. The lowest BCUT2D eigenvalue weighted by Gasteiger charge is -2.06. The Balaban J connectivity index is 3.48. The van der Waals surface area contributed by atoms with Crippen LogP contribution in [0.5, 0.6) is 0 Å². The van der Waals surface area contributed by atoms with E-state index in [0.717, 1.165) is 0 Å². The van der Waals surface area contributed by atoms with E-state index in [4.69, 9.17) is 6.42 Å². The summed E-state index contributed by atoms with van der Waals surface area (Å²) in [6, 6.07) is 0. The van der Waals surface area contributed by atoms with Crippen LogP contribution in [0.1, 0.15) is 19.3 Å². The Kier molecular flexibility index (Phi) is 4.97. The highest BCUT2D eigenvalue weighted by Gasteiger charge is 2.30. The van der Waals surface area contributed by atoms with Crippen LogP contribution in [0.2, 0.25) is 0 Å². The third-order valence-corrected chi connectivity index (χ3v) is 1.18. The van der Waals surface area contributed by atoms with Gasteiger partial charge in [-0.1, -0.05) is 0 Å². The molecule has 0 aliphatic carbocycles. The molecule has 0 unspecified atom stereocenters. The number of alkyl halides is 3. The van der Waals surface area contributed by atoms with Gasteiger partial charge < -0.3 is 5.32 Å². The minimum atomic E-state index is -4.43. The van der Waals surface area contributed by atoms with Crippen molar-refractivity contribution in [3.63, 3.8) is 0 Å². The minimum Gasteiger partial charge on any atom is -0.356 e. The van der Waals surface area contributed by atoms with Crippen LogP contribution in [0.3, 0.4) is 0 Å². The third-order valence-electron chi connectivity index (χ3n) is 1.18. The summed E-state index contributed by atoms with van der Waals surface area (Å²) in [5.74, 6) is 1.31. The molecule has 0 aromatic carbocycles. The fourth-order valence-electron chi connectivity index (χ4n) is 0.663. The van der Waals surface area contributed by atoms with Gasteiger partial charge in [-0.05, 0) is 6.42 Å². The first-order chi connectivity index (χ1) is 5.95. The lowest BCUT2D eigenvalue weighted by atomic mass is 10.3. The van der Waals surface area contributed by atoms with Gasteiger partial charge in [-0.15, -0.1) is 12.3 Å². The summed E-state index contributed by atoms with van der Waals surface area (Å²) in [6.07, 6.45) is -0.00661. The van der Waals surface area contributed by atoms with E-state index < -0.39 is 18.5 Å². The van der Waals surface area contributed by atoms with E-state index in [0.29, 0.717) is 12.8 Å². The van der Waals surface area contributed by atoms with Crippen molar-refractivity contribution in [1.29, 1.82) is 0 Å². The van der Waals surface area contributed by atoms with Gasteiger partial charge in [0.2, 0.25) is 5.91 Å². The maximum Gasteiger partial charge on any atom is 0.397 e. The Morgan fingerprint density at radius 3 is 2.54 bits per heavy atom. The average molecular weight is 193 g/mol. The van der Waals surface area contributed by atoms with Crippen molar-refractivity contribution < 1.29 is 18.0 Å². The number of carbonyl (C=O) groups is 1. The molecule has 1 N–H and O–H groups in total. The highest BCUT2D eigenvalue weighted by molar-refractivity contribution is 5.76. The molecular formula is C8H10F3NO. The van der Waals surface area contributed by atoms with Gasteiger partial charge >= 0.3 is 6.18 Å². The quantitative estimate of drug-likeness (QED) is 0.531. The van der Waals surface area contributed by atoms with Gasteiger partial charge in [0.05, 0.1) is 0 Å². The van der Waals surface area contributed by atoms with Crippen LogP contribution in [0.25, 0.3) is 0 Å². The SMILES string of the molecule is C#CCCCNC(=O)CC(F)(F)F. The summed E-state index contributed by atoms with van der Waals surface area (Å²) in [6.45, 7) is 0.194. The fraction of sp³-hybridized carbons (Fsp3) is 0.625. The van der Waals surface area contributed by atoms with Crippen LogP contribution >= 0.6 is 0 Å². The summed E-state index contributed by atoms with van der Waals surface area (Å²) in [7, 11) is 0. The van der Waals surface area contributed by atoms with Gasteiger partial charge in [0.25, 0.3) is 0 Å². The molecule has 5 heteroatoms. The average Bonchev–Trinajstić information content (AvgIpc) is 1.94. The zero-order valence-electron chi connectivity index (χ0n) is 6.95. The number of rotatable bonds is 4. The molecule has 0 atom stereocenters. The number of nitrogens with one attached hydrogen (secondary N) is 1. The highest BCUT2D eigenvalue weighted by atomic mass is 19.4. The summed E-state index contributed by atoms with van der Waals surface area (Å²) in [5.41, 5.74) is 0. The first-order valence-electron chi connectivity index (χ1n) is 3.72. The molecule has 0 aromatic rings. The van der Waals surface area contributed by atoms with Crippen LogP contribution in [0.4, 0.5) is 13.2 Å². The Bertz CT molecular complexity index is 204. The molecule has 0 aliphatic heterocycles. The largest absolute Gasteiger partial charge is 0.397 e. The molecule has 0 aromatic heterocycles. The van der Waals surface area contributed by atoms with E-state index in [1.54, 1.807) is 0 Å². The Labute approximate surface area is 74.5 Å². The second-order valence-corrected chi connectivity index (χ2v) is 2.45. The van der Waals surface area contributed by atoms with Crippen molar-refractivity contribution >= 4 is 5.91 Å². The van der Waals surface area contributed by atoms with E-state index in [2.05, 4.69) is 11.2 Å².